The number of pyridine rings is 1. The highest BCUT2D eigenvalue weighted by Crippen LogP contribution is 2.40. The Balaban J connectivity index is 1.35. The van der Waals surface area contributed by atoms with Crippen LogP contribution in [0.1, 0.15) is 103 Å². The lowest BCUT2D eigenvalue weighted by Crippen LogP contribution is -2.18. The Labute approximate surface area is 302 Å². The van der Waals surface area contributed by atoms with E-state index in [2.05, 4.69) is 176 Å². The van der Waals surface area contributed by atoms with Crippen molar-refractivity contribution >= 4 is 21.8 Å². The Morgan fingerprint density at radius 3 is 2.06 bits per heavy atom. The molecule has 0 unspecified atom stereocenters. The number of hydrogen-bond donors (Lipinski definition) is 0. The van der Waals surface area contributed by atoms with E-state index in [9.17, 15) is 0 Å². The van der Waals surface area contributed by atoms with Gasteiger partial charge >= 0.3 is 0 Å². The summed E-state index contributed by atoms with van der Waals surface area (Å²) in [5.74, 6) is 2.81. The quantitative estimate of drug-likeness (QED) is 0.169. The van der Waals surface area contributed by atoms with Gasteiger partial charge in [0, 0.05) is 51.0 Å². The summed E-state index contributed by atoms with van der Waals surface area (Å²) in [7, 11) is 0. The molecule has 51 heavy (non-hydrogen) atoms. The molecule has 0 saturated carbocycles. The molecular weight excluding hydrogens is 625 g/mol. The summed E-state index contributed by atoms with van der Waals surface area (Å²) >= 11 is 0. The molecule has 0 atom stereocenters. The zero-order valence-corrected chi connectivity index (χ0v) is 31.7. The molecule has 260 valence electrons. The molecule has 3 heterocycles. The van der Waals surface area contributed by atoms with Gasteiger partial charge in [0.25, 0.3) is 0 Å². The summed E-state index contributed by atoms with van der Waals surface area (Å²) in [4.78, 5) is 4.90. The predicted octanol–water partition coefficient (Wildman–Crippen LogP) is 12.2. The first-order chi connectivity index (χ1) is 24.1. The van der Waals surface area contributed by atoms with Crippen molar-refractivity contribution in [2.24, 2.45) is 0 Å². The maximum Gasteiger partial charge on any atom is 0.137 e. The standard InChI is InChI=1S/C46H50N4O/c1-30(2)31-23-24-47-43(25-31)49-39-22-19-33(46(9,10)32-15-12-11-13-16-32)26-38(39)37-21-20-36(28-40(37)49)51-35-18-14-17-34(27-35)50-42(45(6,7)8)29-41(48-50)44(3,4)5/h11-30H,1-10H3. The monoisotopic (exact) mass is 674 g/mol. The fraction of sp³-hybridized carbons (Fsp3) is 0.304. The van der Waals surface area contributed by atoms with Gasteiger partial charge in [0.05, 0.1) is 22.4 Å². The second kappa shape index (κ2) is 12.6. The maximum atomic E-state index is 6.66. The van der Waals surface area contributed by atoms with E-state index >= 15 is 0 Å². The fourth-order valence-corrected chi connectivity index (χ4v) is 6.93. The van der Waals surface area contributed by atoms with Crippen LogP contribution in [0, 0.1) is 0 Å². The van der Waals surface area contributed by atoms with Gasteiger partial charge in [0.1, 0.15) is 17.3 Å². The summed E-state index contributed by atoms with van der Waals surface area (Å²) in [5, 5.41) is 7.45. The topological polar surface area (TPSA) is 44.9 Å². The van der Waals surface area contributed by atoms with E-state index in [0.717, 1.165) is 45.1 Å². The highest BCUT2D eigenvalue weighted by molar-refractivity contribution is 6.09. The molecule has 0 saturated heterocycles. The second-order valence-electron chi connectivity index (χ2n) is 16.8. The summed E-state index contributed by atoms with van der Waals surface area (Å²) in [6, 6.07) is 38.9. The second-order valence-corrected chi connectivity index (χ2v) is 16.8. The Morgan fingerprint density at radius 2 is 1.35 bits per heavy atom. The van der Waals surface area contributed by atoms with Crippen LogP contribution in [0.25, 0.3) is 33.3 Å². The zero-order valence-electron chi connectivity index (χ0n) is 31.7. The minimum atomic E-state index is -0.164. The van der Waals surface area contributed by atoms with Crippen LogP contribution in [0.5, 0.6) is 11.5 Å². The number of ether oxygens (including phenoxy) is 1. The minimum absolute atomic E-state index is 0.0607. The van der Waals surface area contributed by atoms with Gasteiger partial charge in [0.15, 0.2) is 0 Å². The largest absolute Gasteiger partial charge is 0.457 e. The molecule has 5 heteroatoms. The van der Waals surface area contributed by atoms with Gasteiger partial charge in [-0.3, -0.25) is 4.57 Å². The third-order valence-electron chi connectivity index (χ3n) is 10.2. The van der Waals surface area contributed by atoms with Crippen LogP contribution >= 0.6 is 0 Å². The van der Waals surface area contributed by atoms with Crippen LogP contribution < -0.4 is 4.74 Å². The van der Waals surface area contributed by atoms with E-state index in [4.69, 9.17) is 14.8 Å². The van der Waals surface area contributed by atoms with Gasteiger partial charge in [-0.15, -0.1) is 0 Å². The lowest BCUT2D eigenvalue weighted by atomic mass is 9.78. The maximum absolute atomic E-state index is 6.66. The molecule has 0 aliphatic carbocycles. The zero-order chi connectivity index (χ0) is 36.3. The van der Waals surface area contributed by atoms with Crippen LogP contribution in [0.3, 0.4) is 0 Å². The van der Waals surface area contributed by atoms with Crippen molar-refractivity contribution in [1.29, 1.82) is 0 Å². The number of aromatic nitrogens is 4. The lowest BCUT2D eigenvalue weighted by Gasteiger charge is -2.26. The average Bonchev–Trinajstić information content (AvgIpc) is 3.70. The van der Waals surface area contributed by atoms with E-state index in [1.54, 1.807) is 0 Å². The number of benzene rings is 4. The van der Waals surface area contributed by atoms with Crippen molar-refractivity contribution in [3.05, 3.63) is 143 Å². The molecule has 7 rings (SSSR count). The molecule has 0 radical (unpaired) electrons. The molecule has 0 amide bonds. The third-order valence-corrected chi connectivity index (χ3v) is 10.2. The van der Waals surface area contributed by atoms with Gasteiger partial charge < -0.3 is 4.74 Å². The molecule has 0 aliphatic rings. The van der Waals surface area contributed by atoms with E-state index in [1.165, 1.54) is 27.8 Å². The van der Waals surface area contributed by atoms with Gasteiger partial charge in [-0.1, -0.05) is 112 Å². The molecule has 5 nitrogen and oxygen atoms in total. The van der Waals surface area contributed by atoms with Gasteiger partial charge in [0.2, 0.25) is 0 Å². The van der Waals surface area contributed by atoms with Crippen LogP contribution in [0.15, 0.2) is 115 Å². The Morgan fingerprint density at radius 1 is 0.608 bits per heavy atom. The fourth-order valence-electron chi connectivity index (χ4n) is 6.93. The first-order valence-corrected chi connectivity index (χ1v) is 18.1. The van der Waals surface area contributed by atoms with Crippen LogP contribution in [0.4, 0.5) is 0 Å². The third kappa shape index (κ3) is 6.46. The van der Waals surface area contributed by atoms with E-state index in [-0.39, 0.29) is 16.2 Å². The smallest absolute Gasteiger partial charge is 0.137 e. The van der Waals surface area contributed by atoms with Crippen molar-refractivity contribution in [2.45, 2.75) is 91.4 Å². The number of nitrogens with zero attached hydrogens (tertiary/aromatic N) is 4. The van der Waals surface area contributed by atoms with Gasteiger partial charge in [-0.05, 0) is 77.2 Å². The Bertz CT molecular complexity index is 2360. The number of rotatable bonds is 7. The molecule has 3 aromatic heterocycles. The summed E-state index contributed by atoms with van der Waals surface area (Å²) in [6.45, 7) is 22.4. The molecule has 0 aliphatic heterocycles. The molecule has 0 spiro atoms. The van der Waals surface area contributed by atoms with Crippen molar-refractivity contribution in [3.63, 3.8) is 0 Å². The van der Waals surface area contributed by atoms with Gasteiger partial charge in [-0.25, -0.2) is 9.67 Å². The first kappa shape index (κ1) is 34.3. The Hall–Kier alpha value is -5.16. The Kier molecular flexibility index (Phi) is 8.45. The predicted molar refractivity (Wildman–Crippen MR) is 212 cm³/mol. The SMILES string of the molecule is CC(C)c1ccnc(-n2c3ccc(C(C)(C)c4ccccc4)cc3c3ccc(Oc4cccc(-n5nc(C(C)(C)C)cc5C(C)(C)C)c4)cc32)c1. The molecular formula is C46H50N4O. The van der Waals surface area contributed by atoms with Crippen molar-refractivity contribution in [3.8, 4) is 23.0 Å². The van der Waals surface area contributed by atoms with Gasteiger partial charge in [-0.2, -0.15) is 5.10 Å². The van der Waals surface area contributed by atoms with Crippen LogP contribution in [0.2, 0.25) is 0 Å². The molecule has 7 aromatic rings. The molecule has 4 aromatic carbocycles. The highest BCUT2D eigenvalue weighted by atomic mass is 16.5. The first-order valence-electron chi connectivity index (χ1n) is 18.1. The molecule has 0 fully saturated rings. The number of fused-ring (bicyclic) bond motifs is 3. The van der Waals surface area contributed by atoms with E-state index < -0.39 is 0 Å². The van der Waals surface area contributed by atoms with Crippen molar-refractivity contribution in [2.75, 3.05) is 0 Å². The van der Waals surface area contributed by atoms with Crippen molar-refractivity contribution in [1.82, 2.24) is 19.3 Å². The average molecular weight is 675 g/mol. The van der Waals surface area contributed by atoms with Crippen molar-refractivity contribution < 1.29 is 4.74 Å². The van der Waals surface area contributed by atoms with Crippen LogP contribution in [-0.4, -0.2) is 19.3 Å². The summed E-state index contributed by atoms with van der Waals surface area (Å²) in [5.41, 5.74) is 8.90. The highest BCUT2D eigenvalue weighted by Gasteiger charge is 2.27. The molecule has 0 N–H and O–H groups in total. The summed E-state index contributed by atoms with van der Waals surface area (Å²) < 4.78 is 11.0. The van der Waals surface area contributed by atoms with E-state index in [0.29, 0.717) is 5.92 Å². The molecule has 0 bridgehead atoms. The van der Waals surface area contributed by atoms with E-state index in [1.807, 2.05) is 18.3 Å². The minimum Gasteiger partial charge on any atom is -0.457 e. The lowest BCUT2D eigenvalue weighted by molar-refractivity contribution is 0.482. The van der Waals surface area contributed by atoms with Crippen LogP contribution in [-0.2, 0) is 16.2 Å². The summed E-state index contributed by atoms with van der Waals surface area (Å²) in [6.07, 6.45) is 1.92. The number of hydrogen-bond acceptors (Lipinski definition) is 3. The normalized spacial score (nSPS) is 12.7.